The summed E-state index contributed by atoms with van der Waals surface area (Å²) in [5.74, 6) is -1.13. The minimum Gasteiger partial charge on any atom is -0.278 e. The number of nitrogens with one attached hydrogen (secondary N) is 1. The molecule has 0 amide bonds. The van der Waals surface area contributed by atoms with Crippen LogP contribution in [-0.2, 0) is 4.84 Å². The summed E-state index contributed by atoms with van der Waals surface area (Å²) >= 11 is 0. The van der Waals surface area contributed by atoms with E-state index in [9.17, 15) is 13.2 Å². The van der Waals surface area contributed by atoms with Crippen molar-refractivity contribution in [2.45, 2.75) is 32.9 Å². The van der Waals surface area contributed by atoms with E-state index in [1.165, 1.54) is 0 Å². The zero-order valence-corrected chi connectivity index (χ0v) is 8.98. The first-order valence-corrected chi connectivity index (χ1v) is 4.59. The van der Waals surface area contributed by atoms with Crippen LogP contribution in [0.4, 0.5) is 13.2 Å². The van der Waals surface area contributed by atoms with Gasteiger partial charge in [0.25, 0.3) is 0 Å². The molecule has 3 nitrogen and oxygen atoms in total. The third kappa shape index (κ3) is 5.41. The number of nitrogens with zero attached hydrogens (tertiary/aromatic N) is 1. The molecule has 0 aromatic carbocycles. The van der Waals surface area contributed by atoms with Crippen LogP contribution in [0.15, 0.2) is 16.8 Å². The predicted molar refractivity (Wildman–Crippen MR) is 52.3 cm³/mol. The van der Waals surface area contributed by atoms with Gasteiger partial charge in [0.1, 0.15) is 0 Å². The Kier molecular flexibility index (Phi) is 6.00. The molecule has 0 aliphatic heterocycles. The smallest absolute Gasteiger partial charge is 0.278 e. The minimum absolute atomic E-state index is 0.384. The molecule has 15 heavy (non-hydrogen) atoms. The lowest BCUT2D eigenvalue weighted by atomic mass is 10.3. The Morgan fingerprint density at radius 1 is 1.40 bits per heavy atom. The van der Waals surface area contributed by atoms with Crippen LogP contribution in [0.3, 0.4) is 0 Å². The van der Waals surface area contributed by atoms with Crippen LogP contribution >= 0.6 is 0 Å². The summed E-state index contributed by atoms with van der Waals surface area (Å²) in [6, 6.07) is 0. The van der Waals surface area contributed by atoms with E-state index in [0.29, 0.717) is 18.5 Å². The van der Waals surface area contributed by atoms with Gasteiger partial charge in [-0.25, -0.2) is 10.5 Å². The van der Waals surface area contributed by atoms with Crippen LogP contribution in [0.1, 0.15) is 26.7 Å². The Balaban J connectivity index is 4.88. The van der Waals surface area contributed by atoms with Crippen molar-refractivity contribution >= 4 is 5.84 Å². The van der Waals surface area contributed by atoms with E-state index >= 15 is 0 Å². The molecule has 0 aromatic heterocycles. The van der Waals surface area contributed by atoms with Crippen LogP contribution in [0.2, 0.25) is 0 Å². The number of hydrogen-bond donors (Lipinski definition) is 1. The molecule has 1 N–H and O–H groups in total. The lowest BCUT2D eigenvalue weighted by Crippen LogP contribution is -2.36. The van der Waals surface area contributed by atoms with Crippen molar-refractivity contribution in [3.05, 3.63) is 11.8 Å². The molecule has 0 radical (unpaired) electrons. The summed E-state index contributed by atoms with van der Waals surface area (Å²) in [6.07, 6.45) is -1.80. The minimum atomic E-state index is -4.53. The Hall–Kier alpha value is -1.04. The number of halogens is 3. The number of rotatable bonds is 4. The molecule has 0 spiro atoms. The summed E-state index contributed by atoms with van der Waals surface area (Å²) in [7, 11) is 1.11. The zero-order chi connectivity index (χ0) is 11.9. The highest BCUT2D eigenvalue weighted by Crippen LogP contribution is 2.18. The zero-order valence-electron chi connectivity index (χ0n) is 8.98. The number of amidine groups is 1. The molecule has 0 aliphatic carbocycles. The summed E-state index contributed by atoms with van der Waals surface area (Å²) in [5, 5.41) is 0. The van der Waals surface area contributed by atoms with E-state index in [1.807, 2.05) is 6.92 Å². The highest BCUT2D eigenvalue weighted by atomic mass is 19.4. The second-order valence-corrected chi connectivity index (χ2v) is 2.72. The number of hydroxylamine groups is 1. The molecule has 0 bridgehead atoms. The SMILES string of the molecule is CC/C=C(\CC)N=C(NOC)C(F)(F)F. The van der Waals surface area contributed by atoms with Crippen LogP contribution in [0.5, 0.6) is 0 Å². The van der Waals surface area contributed by atoms with Crippen molar-refractivity contribution in [2.24, 2.45) is 4.99 Å². The van der Waals surface area contributed by atoms with Gasteiger partial charge in [-0.15, -0.1) is 0 Å². The number of hydrogen-bond acceptors (Lipinski definition) is 2. The molecule has 0 heterocycles. The van der Waals surface area contributed by atoms with Gasteiger partial charge in [0.15, 0.2) is 0 Å². The molecular weight excluding hydrogens is 209 g/mol. The van der Waals surface area contributed by atoms with Gasteiger partial charge in [0.2, 0.25) is 5.84 Å². The molecule has 0 unspecified atom stereocenters. The molecule has 0 aromatic rings. The van der Waals surface area contributed by atoms with E-state index in [4.69, 9.17) is 0 Å². The molecule has 88 valence electrons. The number of aliphatic imine (C=N–C) groups is 1. The van der Waals surface area contributed by atoms with Crippen molar-refractivity contribution in [1.82, 2.24) is 5.48 Å². The van der Waals surface area contributed by atoms with Crippen LogP contribution in [-0.4, -0.2) is 19.1 Å². The Bertz CT molecular complexity index is 246. The van der Waals surface area contributed by atoms with Gasteiger partial charge in [-0.3, -0.25) is 4.84 Å². The fourth-order valence-electron chi connectivity index (χ4n) is 0.889. The van der Waals surface area contributed by atoms with Crippen molar-refractivity contribution in [3.8, 4) is 0 Å². The molecule has 0 saturated heterocycles. The first-order chi connectivity index (χ1) is 6.95. The van der Waals surface area contributed by atoms with Crippen LogP contribution in [0.25, 0.3) is 0 Å². The molecule has 0 saturated carbocycles. The van der Waals surface area contributed by atoms with E-state index in [-0.39, 0.29) is 0 Å². The average molecular weight is 224 g/mol. The standard InChI is InChI=1S/C9H15F3N2O/c1-4-6-7(5-2)13-8(14-15-3)9(10,11)12/h6H,4-5H2,1-3H3,(H,13,14)/b7-6+. The summed E-state index contributed by atoms with van der Waals surface area (Å²) in [6.45, 7) is 3.58. The Morgan fingerprint density at radius 3 is 2.33 bits per heavy atom. The van der Waals surface area contributed by atoms with E-state index in [0.717, 1.165) is 7.11 Å². The predicted octanol–water partition coefficient (Wildman–Crippen LogP) is 2.80. The number of allylic oxidation sites excluding steroid dienone is 2. The average Bonchev–Trinajstić information content (AvgIpc) is 2.14. The molecule has 6 heteroatoms. The third-order valence-electron chi connectivity index (χ3n) is 1.52. The number of alkyl halides is 3. The third-order valence-corrected chi connectivity index (χ3v) is 1.52. The Morgan fingerprint density at radius 2 is 2.00 bits per heavy atom. The van der Waals surface area contributed by atoms with Crippen molar-refractivity contribution in [1.29, 1.82) is 0 Å². The molecular formula is C9H15F3N2O. The second-order valence-electron chi connectivity index (χ2n) is 2.72. The summed E-state index contributed by atoms with van der Waals surface area (Å²) < 4.78 is 37.0. The van der Waals surface area contributed by atoms with E-state index < -0.39 is 12.0 Å². The maximum absolute atomic E-state index is 12.3. The normalized spacial score (nSPS) is 14.3. The van der Waals surface area contributed by atoms with Gasteiger partial charge >= 0.3 is 6.18 Å². The Labute approximate surface area is 87.0 Å². The topological polar surface area (TPSA) is 33.6 Å². The molecule has 0 fully saturated rings. The summed E-state index contributed by atoms with van der Waals surface area (Å²) in [4.78, 5) is 7.69. The van der Waals surface area contributed by atoms with Gasteiger partial charge in [-0.05, 0) is 12.8 Å². The van der Waals surface area contributed by atoms with Crippen molar-refractivity contribution in [2.75, 3.05) is 7.11 Å². The highest BCUT2D eigenvalue weighted by Gasteiger charge is 2.36. The van der Waals surface area contributed by atoms with Gasteiger partial charge < -0.3 is 0 Å². The maximum Gasteiger partial charge on any atom is 0.451 e. The van der Waals surface area contributed by atoms with Gasteiger partial charge in [0, 0.05) is 5.70 Å². The fourth-order valence-corrected chi connectivity index (χ4v) is 0.889. The monoisotopic (exact) mass is 224 g/mol. The first-order valence-electron chi connectivity index (χ1n) is 4.59. The largest absolute Gasteiger partial charge is 0.451 e. The first kappa shape index (κ1) is 14.0. The maximum atomic E-state index is 12.3. The van der Waals surface area contributed by atoms with Crippen LogP contribution in [0, 0.1) is 0 Å². The van der Waals surface area contributed by atoms with E-state index in [2.05, 4.69) is 9.83 Å². The lowest BCUT2D eigenvalue weighted by molar-refractivity contribution is -0.0702. The van der Waals surface area contributed by atoms with E-state index in [1.54, 1.807) is 18.5 Å². The van der Waals surface area contributed by atoms with Gasteiger partial charge in [-0.1, -0.05) is 19.9 Å². The second kappa shape index (κ2) is 6.44. The summed E-state index contributed by atoms with van der Waals surface area (Å²) in [5.41, 5.74) is 2.11. The van der Waals surface area contributed by atoms with Crippen molar-refractivity contribution < 1.29 is 18.0 Å². The molecule has 0 aliphatic rings. The molecule has 0 atom stereocenters. The van der Waals surface area contributed by atoms with Gasteiger partial charge in [0.05, 0.1) is 7.11 Å². The highest BCUT2D eigenvalue weighted by molar-refractivity contribution is 5.87. The quantitative estimate of drug-likeness (QED) is 0.452. The fraction of sp³-hybridized carbons (Fsp3) is 0.667. The van der Waals surface area contributed by atoms with Crippen molar-refractivity contribution in [3.63, 3.8) is 0 Å². The lowest BCUT2D eigenvalue weighted by Gasteiger charge is -2.11. The molecule has 0 rings (SSSR count). The van der Waals surface area contributed by atoms with Crippen LogP contribution < -0.4 is 5.48 Å². The van der Waals surface area contributed by atoms with Gasteiger partial charge in [-0.2, -0.15) is 13.2 Å².